The van der Waals surface area contributed by atoms with Crippen LogP contribution < -0.4 is 14.2 Å². The predicted molar refractivity (Wildman–Crippen MR) is 121 cm³/mol. The van der Waals surface area contributed by atoms with Crippen LogP contribution in [0.15, 0.2) is 42.0 Å². The topological polar surface area (TPSA) is 98.1 Å². The van der Waals surface area contributed by atoms with Crippen molar-refractivity contribution in [1.29, 1.82) is 5.26 Å². The number of nitriles is 1. The van der Waals surface area contributed by atoms with Gasteiger partial charge in [0.15, 0.2) is 18.1 Å². The largest absolute Gasteiger partial charge is 0.493 e. The summed E-state index contributed by atoms with van der Waals surface area (Å²) in [6.45, 7) is 5.49. The number of ether oxygens (including phenoxy) is 4. The molecule has 0 N–H and O–H groups in total. The maximum atomic E-state index is 12.6. The van der Waals surface area contributed by atoms with Crippen molar-refractivity contribution >= 4 is 18.0 Å². The molecule has 172 valence electrons. The molecule has 8 heteroatoms. The summed E-state index contributed by atoms with van der Waals surface area (Å²) in [5.74, 6) is 0.144. The summed E-state index contributed by atoms with van der Waals surface area (Å²) in [4.78, 5) is 26.4. The van der Waals surface area contributed by atoms with E-state index in [9.17, 15) is 14.9 Å². The van der Waals surface area contributed by atoms with Crippen LogP contribution >= 0.6 is 0 Å². The third-order valence-electron chi connectivity index (χ3n) is 5.21. The Morgan fingerprint density at radius 2 is 1.85 bits per heavy atom. The van der Waals surface area contributed by atoms with Gasteiger partial charge in [-0.05, 0) is 60.9 Å². The van der Waals surface area contributed by atoms with Gasteiger partial charge in [0.25, 0.3) is 5.91 Å². The summed E-state index contributed by atoms with van der Waals surface area (Å²) in [7, 11) is 1.44. The lowest BCUT2D eigenvalue weighted by Gasteiger charge is -2.26. The molecule has 0 radical (unpaired) electrons. The summed E-state index contributed by atoms with van der Waals surface area (Å²) in [6, 6.07) is 12.3. The first-order valence-corrected chi connectivity index (χ1v) is 10.5. The van der Waals surface area contributed by atoms with Crippen molar-refractivity contribution in [1.82, 2.24) is 4.90 Å². The Kier molecular flexibility index (Phi) is 8.06. The van der Waals surface area contributed by atoms with Crippen LogP contribution in [0.1, 0.15) is 16.7 Å². The molecule has 1 fully saturated rings. The minimum absolute atomic E-state index is 0.00508. The zero-order chi connectivity index (χ0) is 23.8. The fourth-order valence-electron chi connectivity index (χ4n) is 3.20. The van der Waals surface area contributed by atoms with E-state index in [1.807, 2.05) is 32.0 Å². The lowest BCUT2D eigenvalue weighted by atomic mass is 10.1. The van der Waals surface area contributed by atoms with Crippen LogP contribution in [0, 0.1) is 25.2 Å². The molecule has 0 saturated carbocycles. The molecule has 3 rings (SSSR count). The molecule has 0 aliphatic carbocycles. The zero-order valence-corrected chi connectivity index (χ0v) is 18.9. The number of morpholine rings is 1. The SMILES string of the molecule is COc1cc(/C=C(\C#N)C(=O)N2CCOCC2)ccc1OC(=O)COc1ccc(C)c(C)c1. The Morgan fingerprint density at radius 3 is 2.52 bits per heavy atom. The van der Waals surface area contributed by atoms with Crippen LogP contribution in [0.4, 0.5) is 0 Å². The highest BCUT2D eigenvalue weighted by Crippen LogP contribution is 2.29. The van der Waals surface area contributed by atoms with Crippen LogP contribution in [-0.4, -0.2) is 56.8 Å². The second-order valence-corrected chi connectivity index (χ2v) is 7.49. The summed E-state index contributed by atoms with van der Waals surface area (Å²) < 4.78 is 21.5. The third-order valence-corrected chi connectivity index (χ3v) is 5.21. The molecular formula is C25H26N2O6. The molecule has 0 unspecified atom stereocenters. The van der Waals surface area contributed by atoms with Gasteiger partial charge in [-0.25, -0.2) is 4.79 Å². The zero-order valence-electron chi connectivity index (χ0n) is 18.9. The summed E-state index contributed by atoms with van der Waals surface area (Å²) >= 11 is 0. The number of methoxy groups -OCH3 is 1. The molecule has 0 aromatic heterocycles. The fraction of sp³-hybridized carbons (Fsp3) is 0.320. The van der Waals surface area contributed by atoms with E-state index in [1.54, 1.807) is 29.2 Å². The molecular weight excluding hydrogens is 424 g/mol. The van der Waals surface area contributed by atoms with Gasteiger partial charge < -0.3 is 23.8 Å². The maximum absolute atomic E-state index is 12.6. The highest BCUT2D eigenvalue weighted by Gasteiger charge is 2.21. The standard InChI is InChI=1S/C25H26N2O6/c1-17-4-6-21(12-18(17)2)32-16-24(28)33-22-7-5-19(14-23(22)30-3)13-20(15-26)25(29)27-8-10-31-11-9-27/h4-7,12-14H,8-11,16H2,1-3H3/b20-13+. The molecule has 1 saturated heterocycles. The van der Waals surface area contributed by atoms with E-state index < -0.39 is 5.97 Å². The Hall–Kier alpha value is -3.83. The van der Waals surface area contributed by atoms with Crippen molar-refractivity contribution in [2.75, 3.05) is 40.0 Å². The van der Waals surface area contributed by atoms with E-state index in [2.05, 4.69) is 0 Å². The van der Waals surface area contributed by atoms with Crippen molar-refractivity contribution in [2.24, 2.45) is 0 Å². The molecule has 1 aliphatic rings. The molecule has 2 aromatic rings. The molecule has 2 aromatic carbocycles. The number of benzene rings is 2. The molecule has 33 heavy (non-hydrogen) atoms. The van der Waals surface area contributed by atoms with Crippen LogP contribution in [0.25, 0.3) is 6.08 Å². The van der Waals surface area contributed by atoms with Crippen molar-refractivity contribution in [3.63, 3.8) is 0 Å². The van der Waals surface area contributed by atoms with Gasteiger partial charge in [-0.15, -0.1) is 0 Å². The predicted octanol–water partition coefficient (Wildman–Crippen LogP) is 3.06. The van der Waals surface area contributed by atoms with E-state index in [0.717, 1.165) is 11.1 Å². The average Bonchev–Trinajstić information content (AvgIpc) is 2.84. The van der Waals surface area contributed by atoms with Crippen molar-refractivity contribution < 1.29 is 28.5 Å². The number of carbonyl (C=O) groups is 2. The molecule has 1 aliphatic heterocycles. The number of aryl methyl sites for hydroxylation is 2. The highest BCUT2D eigenvalue weighted by atomic mass is 16.6. The van der Waals surface area contributed by atoms with Crippen LogP contribution in [0.3, 0.4) is 0 Å². The van der Waals surface area contributed by atoms with E-state index in [-0.39, 0.29) is 23.8 Å². The number of nitrogens with zero attached hydrogens (tertiary/aromatic N) is 2. The lowest BCUT2D eigenvalue weighted by Crippen LogP contribution is -2.41. The van der Waals surface area contributed by atoms with Crippen molar-refractivity contribution in [3.8, 4) is 23.3 Å². The van der Waals surface area contributed by atoms with Gasteiger partial charge >= 0.3 is 5.97 Å². The highest BCUT2D eigenvalue weighted by molar-refractivity contribution is 6.01. The second-order valence-electron chi connectivity index (χ2n) is 7.49. The monoisotopic (exact) mass is 450 g/mol. The molecule has 0 spiro atoms. The van der Waals surface area contributed by atoms with E-state index >= 15 is 0 Å². The van der Waals surface area contributed by atoms with Gasteiger partial charge in [0.1, 0.15) is 17.4 Å². The van der Waals surface area contributed by atoms with Crippen LogP contribution in [0.5, 0.6) is 17.2 Å². The lowest BCUT2D eigenvalue weighted by molar-refractivity contribution is -0.136. The van der Waals surface area contributed by atoms with Gasteiger partial charge in [-0.3, -0.25) is 4.79 Å². The first-order chi connectivity index (χ1) is 15.9. The molecule has 0 bridgehead atoms. The van der Waals surface area contributed by atoms with Gasteiger partial charge in [0, 0.05) is 13.1 Å². The van der Waals surface area contributed by atoms with Gasteiger partial charge in [-0.1, -0.05) is 12.1 Å². The van der Waals surface area contributed by atoms with Gasteiger partial charge in [-0.2, -0.15) is 5.26 Å². The minimum Gasteiger partial charge on any atom is -0.493 e. The number of esters is 1. The summed E-state index contributed by atoms with van der Waals surface area (Å²) in [5.41, 5.74) is 2.77. The average molecular weight is 450 g/mol. The van der Waals surface area contributed by atoms with E-state index in [1.165, 1.54) is 13.2 Å². The smallest absolute Gasteiger partial charge is 0.349 e. The van der Waals surface area contributed by atoms with Gasteiger partial charge in [0.05, 0.1) is 20.3 Å². The Balaban J connectivity index is 1.67. The quantitative estimate of drug-likeness (QED) is 0.277. The number of hydrogen-bond donors (Lipinski definition) is 0. The number of rotatable bonds is 7. The summed E-state index contributed by atoms with van der Waals surface area (Å²) in [6.07, 6.45) is 1.48. The van der Waals surface area contributed by atoms with Gasteiger partial charge in [0.2, 0.25) is 0 Å². The third kappa shape index (κ3) is 6.34. The minimum atomic E-state index is -0.588. The maximum Gasteiger partial charge on any atom is 0.349 e. The van der Waals surface area contributed by atoms with E-state index in [0.29, 0.717) is 43.4 Å². The van der Waals surface area contributed by atoms with Crippen molar-refractivity contribution in [3.05, 3.63) is 58.7 Å². The number of carbonyl (C=O) groups excluding carboxylic acids is 2. The Labute approximate surface area is 192 Å². The molecule has 1 amide bonds. The molecule has 8 nitrogen and oxygen atoms in total. The number of amides is 1. The molecule has 1 heterocycles. The Morgan fingerprint density at radius 1 is 1.09 bits per heavy atom. The summed E-state index contributed by atoms with van der Waals surface area (Å²) in [5, 5.41) is 9.46. The fourth-order valence-corrected chi connectivity index (χ4v) is 3.20. The number of hydrogen-bond acceptors (Lipinski definition) is 7. The first kappa shape index (κ1) is 23.8. The second kappa shape index (κ2) is 11.2. The van der Waals surface area contributed by atoms with E-state index in [4.69, 9.17) is 18.9 Å². The Bertz CT molecular complexity index is 1100. The van der Waals surface area contributed by atoms with Crippen molar-refractivity contribution in [2.45, 2.75) is 13.8 Å². The first-order valence-electron chi connectivity index (χ1n) is 10.5. The van der Waals surface area contributed by atoms with Crippen LogP contribution in [-0.2, 0) is 14.3 Å². The molecule has 0 atom stereocenters. The normalized spacial score (nSPS) is 13.8. The van der Waals surface area contributed by atoms with Crippen LogP contribution in [0.2, 0.25) is 0 Å².